The molecule has 0 saturated carbocycles. The average molecular weight is 663 g/mol. The van der Waals surface area contributed by atoms with Crippen LogP contribution in [0.15, 0.2) is 116 Å². The van der Waals surface area contributed by atoms with Crippen molar-refractivity contribution >= 4 is 23.7 Å². The highest BCUT2D eigenvalue weighted by Gasteiger charge is 2.15. The van der Waals surface area contributed by atoms with Crippen LogP contribution in [0.5, 0.6) is 34.5 Å². The Morgan fingerprint density at radius 1 is 0.612 bits per heavy atom. The molecule has 254 valence electrons. The molecule has 0 saturated heterocycles. The van der Waals surface area contributed by atoms with E-state index in [0.29, 0.717) is 47.3 Å². The van der Waals surface area contributed by atoms with Crippen LogP contribution in [0.3, 0.4) is 0 Å². The quantitative estimate of drug-likeness (QED) is 0.0669. The van der Waals surface area contributed by atoms with E-state index in [1.54, 1.807) is 95.2 Å². The highest BCUT2D eigenvalue weighted by atomic mass is 16.5. The van der Waals surface area contributed by atoms with Gasteiger partial charge in [0.1, 0.15) is 30.5 Å². The second-order valence-electron chi connectivity index (χ2n) is 10.3. The highest BCUT2D eigenvalue weighted by Crippen LogP contribution is 2.40. The topological polar surface area (TPSA) is 89.5 Å². The number of methoxy groups -OCH3 is 4. The van der Waals surface area contributed by atoms with E-state index in [9.17, 15) is 9.59 Å². The first-order valence-electron chi connectivity index (χ1n) is 15.3. The van der Waals surface area contributed by atoms with E-state index in [-0.39, 0.29) is 11.6 Å². The lowest BCUT2D eigenvalue weighted by Crippen LogP contribution is -2.00. The minimum Gasteiger partial charge on any atom is -0.496 e. The van der Waals surface area contributed by atoms with Crippen molar-refractivity contribution in [3.63, 3.8) is 0 Å². The summed E-state index contributed by atoms with van der Waals surface area (Å²) in [6.07, 6.45) is 9.81. The van der Waals surface area contributed by atoms with E-state index >= 15 is 0 Å². The summed E-state index contributed by atoms with van der Waals surface area (Å²) in [5.41, 5.74) is 3.70. The normalized spacial score (nSPS) is 10.5. The van der Waals surface area contributed by atoms with E-state index in [0.717, 1.165) is 28.2 Å². The van der Waals surface area contributed by atoms with E-state index in [4.69, 9.17) is 28.4 Å². The lowest BCUT2D eigenvalue weighted by molar-refractivity contribution is 0.103. The first kappa shape index (κ1) is 37.4. The van der Waals surface area contributed by atoms with Crippen LogP contribution in [0, 0.1) is 6.92 Å². The van der Waals surface area contributed by atoms with Gasteiger partial charge in [-0.3, -0.25) is 9.59 Å². The molecule has 0 aromatic heterocycles. The van der Waals surface area contributed by atoms with Crippen LogP contribution < -0.4 is 28.4 Å². The highest BCUT2D eigenvalue weighted by molar-refractivity contribution is 6.07. The second kappa shape index (κ2) is 19.6. The molecule has 0 unspecified atom stereocenters. The summed E-state index contributed by atoms with van der Waals surface area (Å²) in [5, 5.41) is 0. The van der Waals surface area contributed by atoms with Crippen molar-refractivity contribution in [3.05, 3.63) is 144 Å². The Balaban J connectivity index is 0.000000266. The van der Waals surface area contributed by atoms with Crippen molar-refractivity contribution in [2.24, 2.45) is 0 Å². The van der Waals surface area contributed by atoms with E-state index in [1.165, 1.54) is 12.2 Å². The fourth-order valence-electron chi connectivity index (χ4n) is 4.56. The zero-order valence-electron chi connectivity index (χ0n) is 28.6. The number of carbonyl (C=O) groups is 2. The molecule has 0 spiro atoms. The Morgan fingerprint density at radius 3 is 1.71 bits per heavy atom. The maximum absolute atomic E-state index is 12.3. The zero-order valence-corrected chi connectivity index (χ0v) is 28.6. The smallest absolute Gasteiger partial charge is 0.203 e. The Hall–Kier alpha value is -6.02. The van der Waals surface area contributed by atoms with Gasteiger partial charge in [0.05, 0.1) is 28.4 Å². The van der Waals surface area contributed by atoms with Gasteiger partial charge in [0.2, 0.25) is 5.75 Å². The zero-order chi connectivity index (χ0) is 35.6. The minimum atomic E-state index is -0.0891. The maximum atomic E-state index is 12.3. The van der Waals surface area contributed by atoms with Crippen molar-refractivity contribution in [1.82, 2.24) is 0 Å². The first-order valence-corrected chi connectivity index (χ1v) is 15.3. The fourth-order valence-corrected chi connectivity index (χ4v) is 4.56. The monoisotopic (exact) mass is 662 g/mol. The predicted octanol–water partition coefficient (Wildman–Crippen LogP) is 8.64. The average Bonchev–Trinajstić information content (AvgIpc) is 3.15. The largest absolute Gasteiger partial charge is 0.496 e. The molecule has 0 fully saturated rings. The van der Waals surface area contributed by atoms with Crippen LogP contribution in [-0.4, -0.2) is 53.2 Å². The molecule has 0 bridgehead atoms. The van der Waals surface area contributed by atoms with E-state index in [1.807, 2.05) is 43.3 Å². The van der Waals surface area contributed by atoms with Gasteiger partial charge in [0.15, 0.2) is 23.1 Å². The second-order valence-corrected chi connectivity index (χ2v) is 10.3. The SMILES string of the molecule is C=CCOc1ccc(/C=C/C(=O)c2ccccc2)c(OC)c1OC.C=CCOc1ccc(C(=O)/C=C/c2cc(OC)c(C)c(OC)c2)cc1. The summed E-state index contributed by atoms with van der Waals surface area (Å²) in [6.45, 7) is 9.94. The Labute approximate surface area is 288 Å². The molecule has 0 radical (unpaired) electrons. The van der Waals surface area contributed by atoms with Crippen LogP contribution >= 0.6 is 0 Å². The predicted molar refractivity (Wildman–Crippen MR) is 195 cm³/mol. The van der Waals surface area contributed by atoms with Gasteiger partial charge >= 0.3 is 0 Å². The van der Waals surface area contributed by atoms with Crippen molar-refractivity contribution in [2.75, 3.05) is 41.7 Å². The summed E-state index contributed by atoms with van der Waals surface area (Å²) in [7, 11) is 6.31. The van der Waals surface area contributed by atoms with Crippen molar-refractivity contribution in [1.29, 1.82) is 0 Å². The molecule has 8 nitrogen and oxygen atoms in total. The summed E-state index contributed by atoms with van der Waals surface area (Å²) in [4.78, 5) is 24.5. The van der Waals surface area contributed by atoms with Gasteiger partial charge in [0.25, 0.3) is 0 Å². The third-order valence-electron chi connectivity index (χ3n) is 7.05. The standard InChI is InChI=1S/C21H22O4.C20H20O4/c1-5-12-25-18-9-7-17(8-10-18)19(22)11-6-16-13-20(23-3)15(2)21(14-16)24-4;1-4-14-24-18-13-11-16(19(22-2)20(18)23-3)10-12-17(21)15-8-6-5-7-9-15/h5-11,13-14H,1,12H2,2-4H3;4-13H,1,14H2,2-3H3/b11-6+;12-10+. The molecule has 0 atom stereocenters. The van der Waals surface area contributed by atoms with Crippen LogP contribution in [-0.2, 0) is 0 Å². The summed E-state index contributed by atoms with van der Waals surface area (Å²) in [5.74, 6) is 3.52. The number of ketones is 2. The number of carbonyl (C=O) groups excluding carboxylic acids is 2. The Morgan fingerprint density at radius 2 is 1.16 bits per heavy atom. The summed E-state index contributed by atoms with van der Waals surface area (Å²) >= 11 is 0. The third-order valence-corrected chi connectivity index (χ3v) is 7.05. The molecule has 0 aliphatic carbocycles. The molecule has 4 aromatic rings. The van der Waals surface area contributed by atoms with Gasteiger partial charge in [-0.05, 0) is 79.2 Å². The van der Waals surface area contributed by atoms with Crippen LogP contribution in [0.25, 0.3) is 12.2 Å². The van der Waals surface area contributed by atoms with Gasteiger partial charge in [-0.25, -0.2) is 0 Å². The molecule has 0 aliphatic rings. The molecule has 4 aromatic carbocycles. The van der Waals surface area contributed by atoms with Gasteiger partial charge in [-0.1, -0.05) is 61.7 Å². The number of benzene rings is 4. The molecule has 0 amide bonds. The molecule has 4 rings (SSSR count). The Bertz CT molecular complexity index is 1740. The molecule has 0 N–H and O–H groups in total. The van der Waals surface area contributed by atoms with E-state index in [2.05, 4.69) is 13.2 Å². The lowest BCUT2D eigenvalue weighted by atomic mass is 10.1. The van der Waals surface area contributed by atoms with Crippen molar-refractivity contribution < 1.29 is 38.0 Å². The van der Waals surface area contributed by atoms with Crippen molar-refractivity contribution in [3.8, 4) is 34.5 Å². The molecule has 0 aliphatic heterocycles. The van der Waals surface area contributed by atoms with Crippen molar-refractivity contribution in [2.45, 2.75) is 6.92 Å². The van der Waals surface area contributed by atoms with E-state index < -0.39 is 0 Å². The minimum absolute atomic E-state index is 0.0800. The molecular weight excluding hydrogens is 620 g/mol. The van der Waals surface area contributed by atoms with Crippen LogP contribution in [0.4, 0.5) is 0 Å². The van der Waals surface area contributed by atoms with Gasteiger partial charge < -0.3 is 28.4 Å². The van der Waals surface area contributed by atoms with Gasteiger partial charge in [-0.2, -0.15) is 0 Å². The van der Waals surface area contributed by atoms with Crippen LogP contribution in [0.2, 0.25) is 0 Å². The molecule has 8 heteroatoms. The lowest BCUT2D eigenvalue weighted by Gasteiger charge is -2.15. The molecule has 49 heavy (non-hydrogen) atoms. The summed E-state index contributed by atoms with van der Waals surface area (Å²) in [6, 6.07) is 23.4. The van der Waals surface area contributed by atoms with Crippen LogP contribution in [0.1, 0.15) is 37.4 Å². The number of hydrogen-bond acceptors (Lipinski definition) is 8. The number of allylic oxidation sites excluding steroid dienone is 2. The van der Waals surface area contributed by atoms with Gasteiger partial charge in [0, 0.05) is 22.3 Å². The van der Waals surface area contributed by atoms with Gasteiger partial charge in [-0.15, -0.1) is 0 Å². The number of rotatable bonds is 16. The maximum Gasteiger partial charge on any atom is 0.203 e. The summed E-state index contributed by atoms with van der Waals surface area (Å²) < 4.78 is 32.5. The number of ether oxygens (including phenoxy) is 6. The third kappa shape index (κ3) is 10.8. The molecular formula is C41H42O8. The molecule has 0 heterocycles. The Kier molecular flexibility index (Phi) is 15.0. The number of hydrogen-bond donors (Lipinski definition) is 0. The fraction of sp³-hybridized carbons (Fsp3) is 0.171. The first-order chi connectivity index (χ1) is 23.8.